The number of rotatable bonds is 2. The summed E-state index contributed by atoms with van der Waals surface area (Å²) in [7, 11) is 0. The number of aromatic nitrogens is 2. The van der Waals surface area contributed by atoms with Crippen LogP contribution < -0.4 is 5.56 Å². The Morgan fingerprint density at radius 3 is 2.37 bits per heavy atom. The molecule has 6 nitrogen and oxygen atoms in total. The molecule has 1 fully saturated rings. The molecule has 0 saturated carbocycles. The lowest BCUT2D eigenvalue weighted by Gasteiger charge is -2.33. The summed E-state index contributed by atoms with van der Waals surface area (Å²) in [6.45, 7) is 6.63. The Morgan fingerprint density at radius 2 is 1.78 bits per heavy atom. The van der Waals surface area contributed by atoms with E-state index in [0.717, 1.165) is 5.56 Å². The van der Waals surface area contributed by atoms with Crippen LogP contribution in [0.15, 0.2) is 41.3 Å². The lowest BCUT2D eigenvalue weighted by atomic mass is 10.0. The second-order valence-electron chi connectivity index (χ2n) is 7.70. The molecule has 0 aliphatic carbocycles. The Kier molecular flexibility index (Phi) is 5.56. The first-order valence-corrected chi connectivity index (χ1v) is 9.44. The van der Waals surface area contributed by atoms with Crippen LogP contribution in [0.2, 0.25) is 5.02 Å². The zero-order valence-electron chi connectivity index (χ0n) is 15.8. The second kappa shape index (κ2) is 7.72. The predicted molar refractivity (Wildman–Crippen MR) is 105 cm³/mol. The number of carbonyl (C=O) groups is 1. The van der Waals surface area contributed by atoms with Gasteiger partial charge in [0.2, 0.25) is 0 Å². The largest absolute Gasteiger partial charge is 0.444 e. The molecule has 2 heterocycles. The SMILES string of the molecule is CC(C)(C)OC(=O)N1CCC(n2nccc(-c3ccc(Cl)cc3)c2=O)CC1. The molecule has 1 saturated heterocycles. The van der Waals surface area contributed by atoms with Gasteiger partial charge in [0, 0.05) is 24.3 Å². The number of ether oxygens (including phenoxy) is 1. The zero-order chi connectivity index (χ0) is 19.6. The van der Waals surface area contributed by atoms with Gasteiger partial charge in [-0.25, -0.2) is 9.48 Å². The first kappa shape index (κ1) is 19.4. The average molecular weight is 390 g/mol. The highest BCUT2D eigenvalue weighted by Crippen LogP contribution is 2.23. The van der Waals surface area contributed by atoms with Gasteiger partial charge < -0.3 is 9.64 Å². The maximum absolute atomic E-state index is 12.9. The summed E-state index contributed by atoms with van der Waals surface area (Å²) in [6, 6.07) is 8.87. The van der Waals surface area contributed by atoms with Crippen molar-refractivity contribution in [3.63, 3.8) is 0 Å². The lowest BCUT2D eigenvalue weighted by molar-refractivity contribution is 0.0183. The van der Waals surface area contributed by atoms with Crippen molar-refractivity contribution in [3.05, 3.63) is 51.9 Å². The molecule has 0 radical (unpaired) electrons. The molecule has 0 spiro atoms. The molecule has 0 unspecified atom stereocenters. The summed E-state index contributed by atoms with van der Waals surface area (Å²) < 4.78 is 6.96. The molecular weight excluding hydrogens is 366 g/mol. The number of amides is 1. The molecule has 0 N–H and O–H groups in total. The van der Waals surface area contributed by atoms with Crippen molar-refractivity contribution < 1.29 is 9.53 Å². The molecule has 144 valence electrons. The number of piperidine rings is 1. The molecule has 1 aromatic heterocycles. The van der Waals surface area contributed by atoms with E-state index in [-0.39, 0.29) is 17.7 Å². The van der Waals surface area contributed by atoms with Crippen LogP contribution in [0.3, 0.4) is 0 Å². The normalized spacial score (nSPS) is 15.6. The monoisotopic (exact) mass is 389 g/mol. The first-order valence-electron chi connectivity index (χ1n) is 9.06. The molecule has 27 heavy (non-hydrogen) atoms. The van der Waals surface area contributed by atoms with Crippen molar-refractivity contribution in [1.29, 1.82) is 0 Å². The van der Waals surface area contributed by atoms with E-state index in [4.69, 9.17) is 16.3 Å². The fourth-order valence-corrected chi connectivity index (χ4v) is 3.28. The van der Waals surface area contributed by atoms with Crippen LogP contribution in [-0.4, -0.2) is 39.5 Å². The number of carbonyl (C=O) groups excluding carboxylic acids is 1. The van der Waals surface area contributed by atoms with Gasteiger partial charge in [0.25, 0.3) is 5.56 Å². The third-order valence-corrected chi connectivity index (χ3v) is 4.74. The molecule has 7 heteroatoms. The fourth-order valence-electron chi connectivity index (χ4n) is 3.16. The highest BCUT2D eigenvalue weighted by Gasteiger charge is 2.28. The van der Waals surface area contributed by atoms with E-state index in [0.29, 0.717) is 36.5 Å². The standard InChI is InChI=1S/C20H24ClN3O3/c1-20(2,3)27-19(26)23-12-9-16(10-13-23)24-18(25)17(8-11-22-24)14-4-6-15(21)7-5-14/h4-8,11,16H,9-10,12-13H2,1-3H3. The van der Waals surface area contributed by atoms with E-state index in [2.05, 4.69) is 5.10 Å². The molecule has 1 amide bonds. The Hall–Kier alpha value is -2.34. The van der Waals surface area contributed by atoms with Gasteiger partial charge in [0.1, 0.15) is 5.60 Å². The molecule has 1 aromatic carbocycles. The van der Waals surface area contributed by atoms with Crippen molar-refractivity contribution in [2.45, 2.75) is 45.3 Å². The summed E-state index contributed by atoms with van der Waals surface area (Å²) in [5.74, 6) is 0. The van der Waals surface area contributed by atoms with E-state index >= 15 is 0 Å². The van der Waals surface area contributed by atoms with Crippen LogP contribution in [0, 0.1) is 0 Å². The second-order valence-corrected chi connectivity index (χ2v) is 8.14. The Bertz CT molecular complexity index is 863. The van der Waals surface area contributed by atoms with Gasteiger partial charge in [0.15, 0.2) is 0 Å². The van der Waals surface area contributed by atoms with Crippen LogP contribution >= 0.6 is 11.6 Å². The topological polar surface area (TPSA) is 64.4 Å². The van der Waals surface area contributed by atoms with Gasteiger partial charge >= 0.3 is 6.09 Å². The minimum atomic E-state index is -0.515. The smallest absolute Gasteiger partial charge is 0.410 e. The highest BCUT2D eigenvalue weighted by atomic mass is 35.5. The Labute approximate surface area is 163 Å². The molecule has 0 atom stereocenters. The van der Waals surface area contributed by atoms with Crippen LogP contribution in [0.25, 0.3) is 11.1 Å². The van der Waals surface area contributed by atoms with Crippen LogP contribution in [0.4, 0.5) is 4.79 Å². The van der Waals surface area contributed by atoms with E-state index < -0.39 is 5.60 Å². The van der Waals surface area contributed by atoms with E-state index in [1.165, 1.54) is 4.68 Å². The highest BCUT2D eigenvalue weighted by molar-refractivity contribution is 6.30. The van der Waals surface area contributed by atoms with Crippen LogP contribution in [-0.2, 0) is 4.74 Å². The quantitative estimate of drug-likeness (QED) is 0.774. The molecule has 1 aliphatic rings. The number of hydrogen-bond donors (Lipinski definition) is 0. The number of nitrogens with zero attached hydrogens (tertiary/aromatic N) is 3. The number of benzene rings is 1. The molecule has 0 bridgehead atoms. The third kappa shape index (κ3) is 4.69. The number of hydrogen-bond acceptors (Lipinski definition) is 4. The summed E-state index contributed by atoms with van der Waals surface area (Å²) in [4.78, 5) is 26.8. The van der Waals surface area contributed by atoms with Crippen molar-refractivity contribution >= 4 is 17.7 Å². The van der Waals surface area contributed by atoms with Gasteiger partial charge in [0.05, 0.1) is 11.6 Å². The maximum Gasteiger partial charge on any atom is 0.410 e. The zero-order valence-corrected chi connectivity index (χ0v) is 16.6. The van der Waals surface area contributed by atoms with Gasteiger partial charge in [-0.05, 0) is 57.4 Å². The van der Waals surface area contributed by atoms with Gasteiger partial charge in [-0.3, -0.25) is 4.79 Å². The molecule has 2 aromatic rings. The minimum absolute atomic E-state index is 0.0385. The molecule has 3 rings (SSSR count). The van der Waals surface area contributed by atoms with Crippen molar-refractivity contribution in [2.24, 2.45) is 0 Å². The lowest BCUT2D eigenvalue weighted by Crippen LogP contribution is -2.43. The Morgan fingerprint density at radius 1 is 1.15 bits per heavy atom. The summed E-state index contributed by atoms with van der Waals surface area (Å²) in [5.41, 5.74) is 0.762. The molecular formula is C20H24ClN3O3. The summed E-state index contributed by atoms with van der Waals surface area (Å²) in [5, 5.41) is 4.91. The van der Waals surface area contributed by atoms with Crippen molar-refractivity contribution in [1.82, 2.24) is 14.7 Å². The van der Waals surface area contributed by atoms with Gasteiger partial charge in [-0.2, -0.15) is 5.10 Å². The maximum atomic E-state index is 12.9. The first-order chi connectivity index (χ1) is 12.7. The average Bonchev–Trinajstić information content (AvgIpc) is 2.62. The number of halogens is 1. The molecule has 1 aliphatic heterocycles. The van der Waals surface area contributed by atoms with Crippen molar-refractivity contribution in [2.75, 3.05) is 13.1 Å². The third-order valence-electron chi connectivity index (χ3n) is 4.49. The van der Waals surface area contributed by atoms with Crippen LogP contribution in [0.5, 0.6) is 0 Å². The predicted octanol–water partition coefficient (Wildman–Crippen LogP) is 4.14. The number of likely N-dealkylation sites (tertiary alicyclic amines) is 1. The summed E-state index contributed by atoms with van der Waals surface area (Å²) >= 11 is 5.93. The van der Waals surface area contributed by atoms with Crippen molar-refractivity contribution in [3.8, 4) is 11.1 Å². The Balaban J connectivity index is 1.74. The van der Waals surface area contributed by atoms with E-state index in [9.17, 15) is 9.59 Å². The van der Waals surface area contributed by atoms with Gasteiger partial charge in [-0.15, -0.1) is 0 Å². The summed E-state index contributed by atoms with van der Waals surface area (Å²) in [6.07, 6.45) is 2.66. The van der Waals surface area contributed by atoms with Crippen LogP contribution in [0.1, 0.15) is 39.7 Å². The van der Waals surface area contributed by atoms with Gasteiger partial charge in [-0.1, -0.05) is 23.7 Å². The van der Waals surface area contributed by atoms with E-state index in [1.807, 2.05) is 32.9 Å². The minimum Gasteiger partial charge on any atom is -0.444 e. The fraction of sp³-hybridized carbons (Fsp3) is 0.450. The van der Waals surface area contributed by atoms with E-state index in [1.54, 1.807) is 29.3 Å².